The van der Waals surface area contributed by atoms with E-state index in [0.717, 1.165) is 30.8 Å². The van der Waals surface area contributed by atoms with Gasteiger partial charge in [-0.3, -0.25) is 4.90 Å². The third-order valence-electron chi connectivity index (χ3n) is 3.98. The lowest BCUT2D eigenvalue weighted by molar-refractivity contribution is -0.0507. The van der Waals surface area contributed by atoms with Crippen molar-refractivity contribution in [3.05, 3.63) is 47.8 Å². The standard InChI is InChI=1S/C17H20F2N4O/c1-12-6-8-20-17(21-12)22-14-7-9-23(11-14)10-13-4-2-3-5-15(13)24-16(18)19/h2-6,8,14,16H,7,9-11H2,1H3,(H,20,21,22). The molecule has 1 N–H and O–H groups in total. The van der Waals surface area contributed by atoms with Crippen LogP contribution in [0.25, 0.3) is 0 Å². The molecule has 0 aliphatic carbocycles. The molecule has 0 amide bonds. The first-order valence-electron chi connectivity index (χ1n) is 7.91. The normalized spacial score (nSPS) is 18.1. The summed E-state index contributed by atoms with van der Waals surface area (Å²) in [4.78, 5) is 10.8. The van der Waals surface area contributed by atoms with Gasteiger partial charge in [-0.1, -0.05) is 18.2 Å². The van der Waals surface area contributed by atoms with E-state index in [0.29, 0.717) is 12.5 Å². The van der Waals surface area contributed by atoms with Gasteiger partial charge in [-0.15, -0.1) is 0 Å². The Morgan fingerprint density at radius 2 is 2.17 bits per heavy atom. The molecule has 0 saturated carbocycles. The van der Waals surface area contributed by atoms with Crippen LogP contribution in [0.4, 0.5) is 14.7 Å². The van der Waals surface area contributed by atoms with Gasteiger partial charge in [-0.25, -0.2) is 9.97 Å². The second-order valence-electron chi connectivity index (χ2n) is 5.87. The van der Waals surface area contributed by atoms with Crippen molar-refractivity contribution in [2.75, 3.05) is 18.4 Å². The molecule has 24 heavy (non-hydrogen) atoms. The van der Waals surface area contributed by atoms with Crippen molar-refractivity contribution < 1.29 is 13.5 Å². The van der Waals surface area contributed by atoms with Crippen LogP contribution >= 0.6 is 0 Å². The fourth-order valence-corrected chi connectivity index (χ4v) is 2.88. The van der Waals surface area contributed by atoms with Crippen LogP contribution in [0.2, 0.25) is 0 Å². The van der Waals surface area contributed by atoms with Gasteiger partial charge in [0.25, 0.3) is 0 Å². The molecule has 0 radical (unpaired) electrons. The zero-order valence-electron chi connectivity index (χ0n) is 13.5. The Labute approximate surface area is 139 Å². The van der Waals surface area contributed by atoms with Crippen molar-refractivity contribution in [2.24, 2.45) is 0 Å². The first kappa shape index (κ1) is 16.6. The van der Waals surface area contributed by atoms with E-state index in [1.54, 1.807) is 18.3 Å². The van der Waals surface area contributed by atoms with Gasteiger partial charge in [0.15, 0.2) is 0 Å². The average molecular weight is 334 g/mol. The van der Waals surface area contributed by atoms with Crippen LogP contribution in [-0.4, -0.2) is 40.6 Å². The van der Waals surface area contributed by atoms with E-state index >= 15 is 0 Å². The van der Waals surface area contributed by atoms with E-state index in [4.69, 9.17) is 0 Å². The summed E-state index contributed by atoms with van der Waals surface area (Å²) in [6.45, 7) is 1.38. The lowest BCUT2D eigenvalue weighted by Gasteiger charge is -2.18. The number of likely N-dealkylation sites (tertiary alicyclic amines) is 1. The highest BCUT2D eigenvalue weighted by Gasteiger charge is 2.24. The van der Waals surface area contributed by atoms with Crippen LogP contribution in [-0.2, 0) is 6.54 Å². The number of ether oxygens (including phenoxy) is 1. The van der Waals surface area contributed by atoms with E-state index in [-0.39, 0.29) is 11.8 Å². The Kier molecular flexibility index (Phi) is 5.20. The largest absolute Gasteiger partial charge is 0.434 e. The number of hydrogen-bond acceptors (Lipinski definition) is 5. The van der Waals surface area contributed by atoms with Crippen molar-refractivity contribution in [3.63, 3.8) is 0 Å². The molecule has 1 aromatic carbocycles. The van der Waals surface area contributed by atoms with Gasteiger partial charge in [0.1, 0.15) is 5.75 Å². The number of alkyl halides is 2. The monoisotopic (exact) mass is 334 g/mol. The highest BCUT2D eigenvalue weighted by Crippen LogP contribution is 2.24. The summed E-state index contributed by atoms with van der Waals surface area (Å²) < 4.78 is 29.6. The smallest absolute Gasteiger partial charge is 0.387 e. The molecule has 1 aromatic heterocycles. The van der Waals surface area contributed by atoms with Crippen LogP contribution in [0.1, 0.15) is 17.7 Å². The Balaban J connectivity index is 1.58. The molecular weight excluding hydrogens is 314 g/mol. The number of para-hydroxylation sites is 1. The lowest BCUT2D eigenvalue weighted by atomic mass is 10.2. The molecule has 7 heteroatoms. The minimum atomic E-state index is -2.81. The van der Waals surface area contributed by atoms with E-state index in [1.807, 2.05) is 25.1 Å². The summed E-state index contributed by atoms with van der Waals surface area (Å²) in [5.41, 5.74) is 1.69. The van der Waals surface area contributed by atoms with Gasteiger partial charge in [-0.05, 0) is 25.5 Å². The Hall–Kier alpha value is -2.28. The number of rotatable bonds is 6. The maximum absolute atomic E-state index is 12.5. The fraction of sp³-hybridized carbons (Fsp3) is 0.412. The maximum atomic E-state index is 12.5. The number of aryl methyl sites for hydroxylation is 1. The van der Waals surface area contributed by atoms with Crippen molar-refractivity contribution >= 4 is 5.95 Å². The van der Waals surface area contributed by atoms with Gasteiger partial charge in [-0.2, -0.15) is 8.78 Å². The summed E-state index contributed by atoms with van der Waals surface area (Å²) in [7, 11) is 0. The number of benzene rings is 1. The maximum Gasteiger partial charge on any atom is 0.387 e. The fourth-order valence-electron chi connectivity index (χ4n) is 2.88. The zero-order chi connectivity index (χ0) is 16.9. The summed E-state index contributed by atoms with van der Waals surface area (Å²) in [6.07, 6.45) is 2.69. The molecule has 2 heterocycles. The van der Waals surface area contributed by atoms with Crippen molar-refractivity contribution in [3.8, 4) is 5.75 Å². The van der Waals surface area contributed by atoms with Gasteiger partial charge in [0, 0.05) is 43.1 Å². The van der Waals surface area contributed by atoms with Gasteiger partial charge < -0.3 is 10.1 Å². The lowest BCUT2D eigenvalue weighted by Crippen LogP contribution is -2.27. The molecule has 5 nitrogen and oxygen atoms in total. The van der Waals surface area contributed by atoms with Gasteiger partial charge in [0.05, 0.1) is 0 Å². The third-order valence-corrected chi connectivity index (χ3v) is 3.98. The number of aromatic nitrogens is 2. The quantitative estimate of drug-likeness (QED) is 0.880. The molecule has 128 valence electrons. The van der Waals surface area contributed by atoms with Crippen molar-refractivity contribution in [1.29, 1.82) is 0 Å². The van der Waals surface area contributed by atoms with Gasteiger partial charge >= 0.3 is 6.61 Å². The first-order chi connectivity index (χ1) is 11.6. The van der Waals surface area contributed by atoms with Crippen LogP contribution in [0.3, 0.4) is 0 Å². The molecule has 1 aliphatic rings. The Morgan fingerprint density at radius 3 is 2.96 bits per heavy atom. The number of halogens is 2. The summed E-state index contributed by atoms with van der Waals surface area (Å²) in [6, 6.07) is 9.03. The van der Waals surface area contributed by atoms with Crippen molar-refractivity contribution in [2.45, 2.75) is 32.5 Å². The highest BCUT2D eigenvalue weighted by molar-refractivity contribution is 5.33. The predicted octanol–water partition coefficient (Wildman–Crippen LogP) is 3.07. The number of hydrogen-bond donors (Lipinski definition) is 1. The molecular formula is C17H20F2N4O. The molecule has 2 aromatic rings. The molecule has 0 spiro atoms. The summed E-state index contributed by atoms with van der Waals surface area (Å²) >= 11 is 0. The minimum Gasteiger partial charge on any atom is -0.434 e. The Bertz CT molecular complexity index is 683. The molecule has 1 fully saturated rings. The topological polar surface area (TPSA) is 50.3 Å². The van der Waals surface area contributed by atoms with Crippen LogP contribution < -0.4 is 10.1 Å². The molecule has 1 atom stereocenters. The number of nitrogens with zero attached hydrogens (tertiary/aromatic N) is 3. The van der Waals surface area contributed by atoms with E-state index in [1.165, 1.54) is 0 Å². The zero-order valence-corrected chi connectivity index (χ0v) is 13.5. The number of anilines is 1. The van der Waals surface area contributed by atoms with Crippen molar-refractivity contribution in [1.82, 2.24) is 14.9 Å². The van der Waals surface area contributed by atoms with E-state index in [9.17, 15) is 8.78 Å². The first-order valence-corrected chi connectivity index (χ1v) is 7.91. The molecule has 1 aliphatic heterocycles. The molecule has 3 rings (SSSR count). The van der Waals surface area contributed by atoms with Crippen LogP contribution in [0.15, 0.2) is 36.5 Å². The second kappa shape index (κ2) is 7.53. The van der Waals surface area contributed by atoms with E-state index in [2.05, 4.69) is 24.9 Å². The van der Waals surface area contributed by atoms with Crippen LogP contribution in [0.5, 0.6) is 5.75 Å². The van der Waals surface area contributed by atoms with Crippen LogP contribution in [0, 0.1) is 6.92 Å². The molecule has 1 saturated heterocycles. The second-order valence-corrected chi connectivity index (χ2v) is 5.87. The average Bonchev–Trinajstić information content (AvgIpc) is 2.96. The predicted molar refractivity (Wildman–Crippen MR) is 87.1 cm³/mol. The highest BCUT2D eigenvalue weighted by atomic mass is 19.3. The summed E-state index contributed by atoms with van der Waals surface area (Å²) in [5, 5.41) is 3.33. The molecule has 1 unspecified atom stereocenters. The third kappa shape index (κ3) is 4.38. The van der Waals surface area contributed by atoms with E-state index < -0.39 is 6.61 Å². The van der Waals surface area contributed by atoms with Gasteiger partial charge in [0.2, 0.25) is 5.95 Å². The summed E-state index contributed by atoms with van der Waals surface area (Å²) in [5.74, 6) is 0.870. The number of nitrogens with one attached hydrogen (secondary N) is 1. The Morgan fingerprint density at radius 1 is 1.33 bits per heavy atom. The SMILES string of the molecule is Cc1ccnc(NC2CCN(Cc3ccccc3OC(F)F)C2)n1. The minimum absolute atomic E-state index is 0.242. The molecule has 0 bridgehead atoms.